The van der Waals surface area contributed by atoms with E-state index in [1.807, 2.05) is 0 Å². The molecule has 1 aromatic carbocycles. The van der Waals surface area contributed by atoms with Gasteiger partial charge in [-0.15, -0.1) is 11.8 Å². The number of aromatic nitrogens is 2. The molecule has 8 heteroatoms. The highest BCUT2D eigenvalue weighted by molar-refractivity contribution is 9.10. The van der Waals surface area contributed by atoms with Crippen LogP contribution in [0, 0.1) is 5.82 Å². The van der Waals surface area contributed by atoms with Crippen LogP contribution in [0.3, 0.4) is 0 Å². The molecule has 1 atom stereocenters. The Kier molecular flexibility index (Phi) is 5.68. The minimum absolute atomic E-state index is 0.0483. The van der Waals surface area contributed by atoms with E-state index >= 15 is 0 Å². The molecule has 5 nitrogen and oxygen atoms in total. The molecule has 0 bridgehead atoms. The van der Waals surface area contributed by atoms with Crippen molar-refractivity contribution in [3.63, 3.8) is 0 Å². The van der Waals surface area contributed by atoms with Gasteiger partial charge in [0.2, 0.25) is 5.91 Å². The van der Waals surface area contributed by atoms with E-state index < -0.39 is 0 Å². The summed E-state index contributed by atoms with van der Waals surface area (Å²) in [5.74, 6) is 0.0974. The van der Waals surface area contributed by atoms with Gasteiger partial charge in [-0.1, -0.05) is 0 Å². The first-order valence-electron chi connectivity index (χ1n) is 7.40. The third-order valence-electron chi connectivity index (χ3n) is 3.54. The van der Waals surface area contributed by atoms with Crippen molar-refractivity contribution >= 4 is 33.6 Å². The molecule has 24 heavy (non-hydrogen) atoms. The summed E-state index contributed by atoms with van der Waals surface area (Å²) >= 11 is 4.67. The summed E-state index contributed by atoms with van der Waals surface area (Å²) < 4.78 is 19.4. The monoisotopic (exact) mass is 411 g/mol. The predicted octanol–water partition coefficient (Wildman–Crippen LogP) is 3.15. The molecule has 1 amide bonds. The molecule has 0 aliphatic carbocycles. The number of benzene rings is 1. The first-order valence-corrected chi connectivity index (χ1v) is 9.18. The average molecular weight is 412 g/mol. The van der Waals surface area contributed by atoms with Crippen LogP contribution in [-0.4, -0.2) is 45.7 Å². The van der Waals surface area contributed by atoms with Gasteiger partial charge in [0, 0.05) is 30.3 Å². The fraction of sp³-hybridized carbons (Fsp3) is 0.312. The number of hydrogen-bond donors (Lipinski definition) is 0. The Labute approximate surface area is 151 Å². The maximum atomic E-state index is 12.9. The van der Waals surface area contributed by atoms with Gasteiger partial charge in [-0.3, -0.25) is 4.79 Å². The molecule has 1 saturated heterocycles. The second kappa shape index (κ2) is 7.94. The number of amides is 1. The summed E-state index contributed by atoms with van der Waals surface area (Å²) in [7, 11) is 0. The Morgan fingerprint density at radius 2 is 2.04 bits per heavy atom. The van der Waals surface area contributed by atoms with Gasteiger partial charge in [0.15, 0.2) is 0 Å². The third kappa shape index (κ3) is 4.67. The Hall–Kier alpha value is -1.67. The van der Waals surface area contributed by atoms with Crippen LogP contribution >= 0.6 is 27.7 Å². The van der Waals surface area contributed by atoms with Crippen molar-refractivity contribution < 1.29 is 13.9 Å². The van der Waals surface area contributed by atoms with Crippen molar-refractivity contribution in [1.82, 2.24) is 14.9 Å². The number of hydrogen-bond acceptors (Lipinski definition) is 5. The van der Waals surface area contributed by atoms with Gasteiger partial charge < -0.3 is 9.64 Å². The second-order valence-electron chi connectivity index (χ2n) is 5.29. The second-order valence-corrected chi connectivity index (χ2v) is 7.26. The van der Waals surface area contributed by atoms with Crippen LogP contribution in [0.1, 0.15) is 6.42 Å². The number of halogens is 2. The highest BCUT2D eigenvalue weighted by atomic mass is 79.9. The number of thioether (sulfide) groups is 1. The fourth-order valence-corrected chi connectivity index (χ4v) is 3.33. The van der Waals surface area contributed by atoms with Gasteiger partial charge in [-0.25, -0.2) is 14.4 Å². The normalized spacial score (nSPS) is 17.1. The van der Waals surface area contributed by atoms with E-state index in [0.717, 1.165) is 15.8 Å². The summed E-state index contributed by atoms with van der Waals surface area (Å²) in [6.07, 6.45) is 3.91. The Morgan fingerprint density at radius 1 is 1.33 bits per heavy atom. The summed E-state index contributed by atoms with van der Waals surface area (Å²) in [4.78, 5) is 23.1. The van der Waals surface area contributed by atoms with E-state index in [-0.39, 0.29) is 17.8 Å². The van der Waals surface area contributed by atoms with Gasteiger partial charge in [-0.05, 0) is 40.2 Å². The summed E-state index contributed by atoms with van der Waals surface area (Å²) in [5.41, 5.74) is 0. The Morgan fingerprint density at radius 3 is 2.75 bits per heavy atom. The quantitative estimate of drug-likeness (QED) is 0.707. The zero-order valence-corrected chi connectivity index (χ0v) is 15.1. The maximum Gasteiger partial charge on any atom is 0.316 e. The summed E-state index contributed by atoms with van der Waals surface area (Å²) in [6.45, 7) is 1.19. The molecule has 2 heterocycles. The topological polar surface area (TPSA) is 55.3 Å². The highest BCUT2D eigenvalue weighted by Gasteiger charge is 2.28. The van der Waals surface area contributed by atoms with Crippen LogP contribution in [0.5, 0.6) is 6.01 Å². The molecule has 1 aromatic heterocycles. The predicted molar refractivity (Wildman–Crippen MR) is 92.5 cm³/mol. The lowest BCUT2D eigenvalue weighted by Crippen LogP contribution is -2.32. The van der Waals surface area contributed by atoms with Crippen LogP contribution in [0.4, 0.5) is 4.39 Å². The van der Waals surface area contributed by atoms with Crippen molar-refractivity contribution in [3.05, 3.63) is 46.9 Å². The molecular weight excluding hydrogens is 397 g/mol. The van der Waals surface area contributed by atoms with E-state index in [2.05, 4.69) is 25.9 Å². The van der Waals surface area contributed by atoms with Crippen LogP contribution in [0.15, 0.2) is 46.0 Å². The van der Waals surface area contributed by atoms with E-state index in [4.69, 9.17) is 4.74 Å². The molecular formula is C16H15BrFN3O2S. The minimum Gasteiger partial charge on any atom is -0.458 e. The molecule has 1 unspecified atom stereocenters. The molecule has 1 aliphatic heterocycles. The van der Waals surface area contributed by atoms with E-state index in [0.29, 0.717) is 24.9 Å². The minimum atomic E-state index is -0.277. The number of likely N-dealkylation sites (tertiary alicyclic amines) is 1. The van der Waals surface area contributed by atoms with E-state index in [9.17, 15) is 9.18 Å². The first-order chi connectivity index (χ1) is 11.6. The molecule has 0 spiro atoms. The van der Waals surface area contributed by atoms with Crippen LogP contribution in [0.25, 0.3) is 0 Å². The fourth-order valence-electron chi connectivity index (χ4n) is 2.33. The maximum absolute atomic E-state index is 12.9. The van der Waals surface area contributed by atoms with Crippen molar-refractivity contribution in [2.24, 2.45) is 0 Å². The van der Waals surface area contributed by atoms with Gasteiger partial charge in [0.05, 0.1) is 16.8 Å². The summed E-state index contributed by atoms with van der Waals surface area (Å²) in [6, 6.07) is 6.45. The van der Waals surface area contributed by atoms with Crippen molar-refractivity contribution in [2.75, 3.05) is 18.8 Å². The highest BCUT2D eigenvalue weighted by Crippen LogP contribution is 2.21. The number of rotatable bonds is 5. The van der Waals surface area contributed by atoms with Gasteiger partial charge >= 0.3 is 6.01 Å². The van der Waals surface area contributed by atoms with Crippen molar-refractivity contribution in [1.29, 1.82) is 0 Å². The van der Waals surface area contributed by atoms with E-state index in [1.54, 1.807) is 29.4 Å². The zero-order chi connectivity index (χ0) is 16.9. The van der Waals surface area contributed by atoms with Crippen LogP contribution in [-0.2, 0) is 4.79 Å². The Balaban J connectivity index is 1.46. The van der Waals surface area contributed by atoms with E-state index in [1.165, 1.54) is 23.9 Å². The zero-order valence-electron chi connectivity index (χ0n) is 12.7. The number of carbonyl (C=O) groups excluding carboxylic acids is 1. The van der Waals surface area contributed by atoms with Gasteiger partial charge in [0.1, 0.15) is 11.9 Å². The van der Waals surface area contributed by atoms with Gasteiger partial charge in [0.25, 0.3) is 0 Å². The molecule has 0 saturated carbocycles. The standard InChI is InChI=1S/C16H15BrFN3O2S/c17-11-7-19-16(20-8-11)23-13-5-6-21(9-13)15(22)10-24-14-3-1-12(18)2-4-14/h1-4,7-8,13H,5-6,9-10H2. The summed E-state index contributed by atoms with van der Waals surface area (Å²) in [5, 5.41) is 0. The molecule has 0 N–H and O–H groups in total. The first kappa shape index (κ1) is 17.2. The lowest BCUT2D eigenvalue weighted by atomic mass is 10.3. The number of nitrogens with zero attached hydrogens (tertiary/aromatic N) is 3. The van der Waals surface area contributed by atoms with Crippen LogP contribution < -0.4 is 4.74 Å². The lowest BCUT2D eigenvalue weighted by Gasteiger charge is -2.16. The molecule has 126 valence electrons. The number of carbonyl (C=O) groups is 1. The smallest absolute Gasteiger partial charge is 0.316 e. The molecule has 3 rings (SSSR count). The van der Waals surface area contributed by atoms with Crippen molar-refractivity contribution in [3.8, 4) is 6.01 Å². The number of ether oxygens (including phenoxy) is 1. The van der Waals surface area contributed by atoms with Crippen LogP contribution in [0.2, 0.25) is 0 Å². The average Bonchev–Trinajstić information content (AvgIpc) is 3.05. The largest absolute Gasteiger partial charge is 0.458 e. The van der Waals surface area contributed by atoms with Crippen molar-refractivity contribution in [2.45, 2.75) is 17.4 Å². The SMILES string of the molecule is O=C(CSc1ccc(F)cc1)N1CCC(Oc2ncc(Br)cn2)C1. The lowest BCUT2D eigenvalue weighted by molar-refractivity contribution is -0.127. The molecule has 1 aliphatic rings. The van der Waals surface area contributed by atoms with Gasteiger partial charge in [-0.2, -0.15) is 0 Å². The third-order valence-corrected chi connectivity index (χ3v) is 4.95. The Bertz CT molecular complexity index is 699. The molecule has 2 aromatic rings. The molecule has 0 radical (unpaired) electrons. The molecule has 1 fully saturated rings.